The summed E-state index contributed by atoms with van der Waals surface area (Å²) in [4.78, 5) is 22.6. The first-order valence-corrected chi connectivity index (χ1v) is 8.23. The summed E-state index contributed by atoms with van der Waals surface area (Å²) in [6.07, 6.45) is 1.36. The molecular weight excluding hydrogens is 426 g/mol. The first kappa shape index (κ1) is 19.4. The van der Waals surface area contributed by atoms with Gasteiger partial charge in [-0.3, -0.25) is 14.9 Å². The number of rotatable bonds is 5. The molecule has 0 bridgehead atoms. The van der Waals surface area contributed by atoms with E-state index in [4.69, 9.17) is 16.3 Å². The van der Waals surface area contributed by atoms with E-state index in [9.17, 15) is 20.2 Å². The number of carbonyl (C=O) groups excluding carboxylic acids is 1. The Morgan fingerprint density at radius 3 is 2.73 bits per heavy atom. The molecule has 0 saturated carbocycles. The maximum Gasteiger partial charge on any atom is 0.289 e. The Balaban J connectivity index is 2.33. The van der Waals surface area contributed by atoms with E-state index in [0.29, 0.717) is 11.3 Å². The van der Waals surface area contributed by atoms with Crippen LogP contribution in [0.5, 0.6) is 5.75 Å². The van der Waals surface area contributed by atoms with Gasteiger partial charge in [-0.2, -0.15) is 5.26 Å². The molecule has 0 saturated heterocycles. The van der Waals surface area contributed by atoms with Crippen LogP contribution in [0.25, 0.3) is 6.08 Å². The lowest BCUT2D eigenvalue weighted by molar-refractivity contribution is -0.384. The van der Waals surface area contributed by atoms with Gasteiger partial charge in [0.2, 0.25) is 0 Å². The molecule has 2 aromatic carbocycles. The second kappa shape index (κ2) is 8.47. The zero-order valence-corrected chi connectivity index (χ0v) is 15.7. The lowest BCUT2D eigenvalue weighted by Gasteiger charge is -2.07. The van der Waals surface area contributed by atoms with Crippen molar-refractivity contribution in [3.05, 3.63) is 67.1 Å². The fourth-order valence-electron chi connectivity index (χ4n) is 2.05. The van der Waals surface area contributed by atoms with Crippen molar-refractivity contribution in [2.45, 2.75) is 0 Å². The van der Waals surface area contributed by atoms with E-state index in [1.165, 1.54) is 25.3 Å². The molecule has 0 fully saturated rings. The van der Waals surface area contributed by atoms with Gasteiger partial charge in [0.15, 0.2) is 0 Å². The lowest BCUT2D eigenvalue weighted by atomic mass is 10.1. The molecule has 0 atom stereocenters. The van der Waals surface area contributed by atoms with E-state index in [1.807, 2.05) is 6.07 Å². The van der Waals surface area contributed by atoms with E-state index in [-0.39, 0.29) is 22.0 Å². The monoisotopic (exact) mass is 435 g/mol. The molecule has 1 N–H and O–H groups in total. The van der Waals surface area contributed by atoms with Crippen molar-refractivity contribution in [3.63, 3.8) is 0 Å². The number of hydrogen-bond acceptors (Lipinski definition) is 5. The summed E-state index contributed by atoms with van der Waals surface area (Å²) in [6, 6.07) is 10.8. The summed E-state index contributed by atoms with van der Waals surface area (Å²) >= 11 is 9.05. The number of nitro groups is 1. The molecule has 0 heterocycles. The number of nitrogens with one attached hydrogen (secondary N) is 1. The van der Waals surface area contributed by atoms with E-state index in [1.54, 1.807) is 18.2 Å². The van der Waals surface area contributed by atoms with Gasteiger partial charge < -0.3 is 10.1 Å². The number of anilines is 1. The highest BCUT2D eigenvalue weighted by atomic mass is 79.9. The van der Waals surface area contributed by atoms with Crippen LogP contribution in [0.2, 0.25) is 5.02 Å². The molecule has 0 aliphatic carbocycles. The molecule has 0 aliphatic rings. The number of halogens is 2. The Bertz CT molecular complexity index is 954. The minimum absolute atomic E-state index is 0.0529. The normalized spacial score (nSPS) is 10.8. The molecule has 0 radical (unpaired) electrons. The van der Waals surface area contributed by atoms with Gasteiger partial charge in [0.05, 0.1) is 12.0 Å². The van der Waals surface area contributed by atoms with Gasteiger partial charge in [-0.25, -0.2) is 0 Å². The molecule has 0 aromatic heterocycles. The molecule has 2 rings (SSSR count). The molecule has 0 unspecified atom stereocenters. The molecule has 7 nitrogen and oxygen atoms in total. The second-order valence-corrected chi connectivity index (χ2v) is 6.26. The highest BCUT2D eigenvalue weighted by Gasteiger charge is 2.16. The summed E-state index contributed by atoms with van der Waals surface area (Å²) < 4.78 is 5.95. The average Bonchev–Trinajstić information content (AvgIpc) is 2.61. The predicted molar refractivity (Wildman–Crippen MR) is 101 cm³/mol. The highest BCUT2D eigenvalue weighted by molar-refractivity contribution is 9.10. The maximum atomic E-state index is 12.3. The lowest BCUT2D eigenvalue weighted by Crippen LogP contribution is -2.13. The van der Waals surface area contributed by atoms with Crippen LogP contribution in [0.15, 0.2) is 46.4 Å². The third kappa shape index (κ3) is 4.59. The average molecular weight is 437 g/mol. The number of benzene rings is 2. The summed E-state index contributed by atoms with van der Waals surface area (Å²) in [5, 5.41) is 22.6. The quantitative estimate of drug-likeness (QED) is 0.320. The third-order valence-corrected chi connectivity index (χ3v) is 4.07. The number of carbonyl (C=O) groups is 1. The fraction of sp³-hybridized carbons (Fsp3) is 0.0588. The molecule has 0 spiro atoms. The van der Waals surface area contributed by atoms with Crippen molar-refractivity contribution in [3.8, 4) is 11.8 Å². The molecular formula is C17H11BrClN3O4. The van der Waals surface area contributed by atoms with Crippen LogP contribution in [0, 0.1) is 21.4 Å². The van der Waals surface area contributed by atoms with Crippen molar-refractivity contribution < 1.29 is 14.5 Å². The number of hydrogen-bond donors (Lipinski definition) is 1. The van der Waals surface area contributed by atoms with Gasteiger partial charge in [-0.05, 0) is 36.4 Å². The molecule has 0 aliphatic heterocycles. The summed E-state index contributed by atoms with van der Waals surface area (Å²) in [7, 11) is 1.47. The Hall–Kier alpha value is -2.89. The van der Waals surface area contributed by atoms with Crippen molar-refractivity contribution in [1.82, 2.24) is 0 Å². The largest absolute Gasteiger partial charge is 0.496 e. The minimum Gasteiger partial charge on any atom is -0.496 e. The SMILES string of the molecule is COc1ccc(Br)cc1/C=C(\C#N)C(=O)Nc1ccc(Cl)c([N+](=O)[O-])c1. The molecule has 2 aromatic rings. The van der Waals surface area contributed by atoms with E-state index in [0.717, 1.165) is 10.5 Å². The van der Waals surface area contributed by atoms with Crippen LogP contribution < -0.4 is 10.1 Å². The zero-order valence-electron chi connectivity index (χ0n) is 13.3. The van der Waals surface area contributed by atoms with Gasteiger partial charge in [0.1, 0.15) is 22.4 Å². The highest BCUT2D eigenvalue weighted by Crippen LogP contribution is 2.28. The van der Waals surface area contributed by atoms with Gasteiger partial charge in [0, 0.05) is 21.8 Å². The molecule has 9 heteroatoms. The Morgan fingerprint density at radius 1 is 1.38 bits per heavy atom. The number of methoxy groups -OCH3 is 1. The van der Waals surface area contributed by atoms with Gasteiger partial charge in [0.25, 0.3) is 11.6 Å². The standard InChI is InChI=1S/C17H11BrClN3O4/c1-26-16-5-2-12(18)7-10(16)6-11(9-20)17(23)21-13-3-4-14(19)15(8-13)22(24)25/h2-8H,1H3,(H,21,23)/b11-6+. The van der Waals surface area contributed by atoms with Gasteiger partial charge >= 0.3 is 0 Å². The van der Waals surface area contributed by atoms with Crippen molar-refractivity contribution >= 4 is 50.9 Å². The first-order chi connectivity index (χ1) is 12.3. The third-order valence-electron chi connectivity index (χ3n) is 3.26. The molecule has 26 heavy (non-hydrogen) atoms. The molecule has 132 valence electrons. The van der Waals surface area contributed by atoms with Crippen LogP contribution in [0.1, 0.15) is 5.56 Å². The number of amides is 1. The van der Waals surface area contributed by atoms with Gasteiger partial charge in [-0.1, -0.05) is 27.5 Å². The number of ether oxygens (including phenoxy) is 1. The zero-order chi connectivity index (χ0) is 19.3. The van der Waals surface area contributed by atoms with E-state index < -0.39 is 10.8 Å². The minimum atomic E-state index is -0.717. The number of nitro benzene ring substituents is 1. The van der Waals surface area contributed by atoms with Crippen molar-refractivity contribution in [2.24, 2.45) is 0 Å². The van der Waals surface area contributed by atoms with Crippen LogP contribution in [-0.2, 0) is 4.79 Å². The maximum absolute atomic E-state index is 12.3. The molecule has 1 amide bonds. The number of nitriles is 1. The smallest absolute Gasteiger partial charge is 0.289 e. The van der Waals surface area contributed by atoms with Crippen molar-refractivity contribution in [1.29, 1.82) is 5.26 Å². The predicted octanol–water partition coefficient (Wildman–Crippen LogP) is 4.56. The Labute approximate surface area is 162 Å². The van der Waals surface area contributed by atoms with Gasteiger partial charge in [-0.15, -0.1) is 0 Å². The fourth-order valence-corrected chi connectivity index (χ4v) is 2.62. The van der Waals surface area contributed by atoms with Crippen molar-refractivity contribution in [2.75, 3.05) is 12.4 Å². The van der Waals surface area contributed by atoms with Crippen LogP contribution in [0.3, 0.4) is 0 Å². The number of nitrogens with zero attached hydrogens (tertiary/aromatic N) is 2. The Morgan fingerprint density at radius 2 is 2.12 bits per heavy atom. The second-order valence-electron chi connectivity index (χ2n) is 4.93. The van der Waals surface area contributed by atoms with Crippen LogP contribution in [-0.4, -0.2) is 17.9 Å². The Kier molecular flexibility index (Phi) is 6.33. The van der Waals surface area contributed by atoms with E-state index >= 15 is 0 Å². The van der Waals surface area contributed by atoms with Crippen LogP contribution in [0.4, 0.5) is 11.4 Å². The summed E-state index contributed by atoms with van der Waals surface area (Å²) in [5.41, 5.74) is 0.128. The van der Waals surface area contributed by atoms with E-state index in [2.05, 4.69) is 21.2 Å². The first-order valence-electron chi connectivity index (χ1n) is 7.06. The summed E-state index contributed by atoms with van der Waals surface area (Å²) in [5.74, 6) is -0.234. The summed E-state index contributed by atoms with van der Waals surface area (Å²) in [6.45, 7) is 0. The topological polar surface area (TPSA) is 105 Å². The van der Waals surface area contributed by atoms with Crippen LogP contribution >= 0.6 is 27.5 Å².